The van der Waals surface area contributed by atoms with Crippen LogP contribution in [-0.4, -0.2) is 11.1 Å². The SMILES string of the molecule is Nc1cc(F)c(Oc2ccc(Cl)c(Cl)c2)cc1C(=O)O. The minimum Gasteiger partial charge on any atom is -0.478 e. The number of aromatic carboxylic acids is 1. The van der Waals surface area contributed by atoms with Crippen LogP contribution in [0.25, 0.3) is 0 Å². The fraction of sp³-hybridized carbons (Fsp3) is 0. The third-order valence-electron chi connectivity index (χ3n) is 2.45. The van der Waals surface area contributed by atoms with Crippen LogP contribution < -0.4 is 10.5 Å². The van der Waals surface area contributed by atoms with Crippen LogP contribution in [-0.2, 0) is 0 Å². The number of nitrogens with two attached hydrogens (primary N) is 1. The summed E-state index contributed by atoms with van der Waals surface area (Å²) in [6.07, 6.45) is 0. The van der Waals surface area contributed by atoms with Crippen molar-refractivity contribution in [2.45, 2.75) is 0 Å². The summed E-state index contributed by atoms with van der Waals surface area (Å²) in [6.45, 7) is 0. The largest absolute Gasteiger partial charge is 0.478 e. The van der Waals surface area contributed by atoms with Crippen LogP contribution in [0.4, 0.5) is 10.1 Å². The number of benzene rings is 2. The zero-order valence-electron chi connectivity index (χ0n) is 9.86. The van der Waals surface area contributed by atoms with Crippen LogP contribution in [0, 0.1) is 5.82 Å². The van der Waals surface area contributed by atoms with Gasteiger partial charge in [0.1, 0.15) is 5.75 Å². The fourth-order valence-electron chi connectivity index (χ4n) is 1.50. The van der Waals surface area contributed by atoms with Gasteiger partial charge in [0, 0.05) is 23.9 Å². The van der Waals surface area contributed by atoms with Crippen molar-refractivity contribution in [1.82, 2.24) is 0 Å². The molecule has 0 aromatic heterocycles. The molecule has 0 unspecified atom stereocenters. The zero-order valence-corrected chi connectivity index (χ0v) is 11.4. The number of halogens is 3. The fourth-order valence-corrected chi connectivity index (χ4v) is 1.79. The van der Waals surface area contributed by atoms with E-state index in [-0.39, 0.29) is 27.8 Å². The van der Waals surface area contributed by atoms with E-state index in [0.717, 1.165) is 12.1 Å². The molecule has 0 saturated heterocycles. The summed E-state index contributed by atoms with van der Waals surface area (Å²) in [4.78, 5) is 10.9. The predicted molar refractivity (Wildman–Crippen MR) is 74.3 cm³/mol. The predicted octanol–water partition coefficient (Wildman–Crippen LogP) is 4.21. The minimum atomic E-state index is -1.28. The summed E-state index contributed by atoms with van der Waals surface area (Å²) in [5.41, 5.74) is 4.98. The minimum absolute atomic E-state index is 0.184. The Bertz CT molecular complexity index is 692. The first-order chi connectivity index (χ1) is 9.38. The average molecular weight is 316 g/mol. The zero-order chi connectivity index (χ0) is 14.9. The van der Waals surface area contributed by atoms with Gasteiger partial charge in [0.25, 0.3) is 0 Å². The van der Waals surface area contributed by atoms with Gasteiger partial charge in [-0.15, -0.1) is 0 Å². The second-order valence-corrected chi connectivity index (χ2v) is 4.67. The van der Waals surface area contributed by atoms with Gasteiger partial charge in [-0.25, -0.2) is 9.18 Å². The van der Waals surface area contributed by atoms with Crippen molar-refractivity contribution in [3.05, 3.63) is 51.8 Å². The summed E-state index contributed by atoms with van der Waals surface area (Å²) >= 11 is 11.6. The van der Waals surface area contributed by atoms with E-state index in [9.17, 15) is 9.18 Å². The molecule has 3 N–H and O–H groups in total. The monoisotopic (exact) mass is 315 g/mol. The molecule has 0 spiro atoms. The van der Waals surface area contributed by atoms with E-state index in [1.807, 2.05) is 0 Å². The standard InChI is InChI=1S/C13H8Cl2FNO3/c14-8-2-1-6(3-9(8)15)20-12-4-7(13(18)19)11(17)5-10(12)16/h1-5H,17H2,(H,18,19). The highest BCUT2D eigenvalue weighted by molar-refractivity contribution is 6.42. The topological polar surface area (TPSA) is 72.5 Å². The van der Waals surface area contributed by atoms with Crippen molar-refractivity contribution in [2.24, 2.45) is 0 Å². The van der Waals surface area contributed by atoms with Crippen LogP contribution >= 0.6 is 23.2 Å². The van der Waals surface area contributed by atoms with Crippen molar-refractivity contribution >= 4 is 34.9 Å². The Morgan fingerprint density at radius 3 is 2.50 bits per heavy atom. The molecule has 0 atom stereocenters. The van der Waals surface area contributed by atoms with Crippen molar-refractivity contribution in [3.63, 3.8) is 0 Å². The van der Waals surface area contributed by atoms with Gasteiger partial charge in [-0.2, -0.15) is 0 Å². The smallest absolute Gasteiger partial charge is 0.337 e. The van der Waals surface area contributed by atoms with Gasteiger partial charge in [0.05, 0.1) is 15.6 Å². The van der Waals surface area contributed by atoms with E-state index in [4.69, 9.17) is 38.8 Å². The maximum Gasteiger partial charge on any atom is 0.337 e. The van der Waals surface area contributed by atoms with Gasteiger partial charge < -0.3 is 15.6 Å². The molecule has 104 valence electrons. The first-order valence-electron chi connectivity index (χ1n) is 5.33. The van der Waals surface area contributed by atoms with E-state index in [1.165, 1.54) is 18.2 Å². The van der Waals surface area contributed by atoms with Gasteiger partial charge in [0.15, 0.2) is 11.6 Å². The number of carboxylic acid groups (broad SMARTS) is 1. The molecular formula is C13H8Cl2FNO3. The Morgan fingerprint density at radius 2 is 1.90 bits per heavy atom. The van der Waals surface area contributed by atoms with Crippen molar-refractivity contribution in [3.8, 4) is 11.5 Å². The molecule has 2 rings (SSSR count). The Kier molecular flexibility index (Phi) is 4.01. The van der Waals surface area contributed by atoms with E-state index in [0.29, 0.717) is 5.02 Å². The molecule has 7 heteroatoms. The van der Waals surface area contributed by atoms with Crippen LogP contribution in [0.1, 0.15) is 10.4 Å². The van der Waals surface area contributed by atoms with Gasteiger partial charge >= 0.3 is 5.97 Å². The molecule has 0 heterocycles. The van der Waals surface area contributed by atoms with Gasteiger partial charge in [0.2, 0.25) is 0 Å². The molecule has 0 aliphatic heterocycles. The first kappa shape index (κ1) is 14.4. The van der Waals surface area contributed by atoms with Crippen molar-refractivity contribution in [1.29, 1.82) is 0 Å². The normalized spacial score (nSPS) is 10.3. The summed E-state index contributed by atoms with van der Waals surface area (Å²) < 4.78 is 19.0. The van der Waals surface area contributed by atoms with Crippen LogP contribution in [0.2, 0.25) is 10.0 Å². The number of nitrogen functional groups attached to an aromatic ring is 1. The molecule has 0 amide bonds. The Hall–Kier alpha value is -1.98. The first-order valence-corrected chi connectivity index (χ1v) is 6.09. The van der Waals surface area contributed by atoms with E-state index in [2.05, 4.69) is 0 Å². The lowest BCUT2D eigenvalue weighted by Crippen LogP contribution is -2.04. The molecule has 2 aromatic rings. The summed E-state index contributed by atoms with van der Waals surface area (Å²) in [7, 11) is 0. The van der Waals surface area contributed by atoms with Gasteiger partial charge in [-0.1, -0.05) is 23.2 Å². The number of hydrogen-bond acceptors (Lipinski definition) is 3. The maximum atomic E-state index is 13.7. The average Bonchev–Trinajstić information content (AvgIpc) is 2.36. The molecule has 0 fully saturated rings. The second-order valence-electron chi connectivity index (χ2n) is 3.85. The maximum absolute atomic E-state index is 13.7. The Morgan fingerprint density at radius 1 is 1.20 bits per heavy atom. The lowest BCUT2D eigenvalue weighted by atomic mass is 10.1. The molecule has 20 heavy (non-hydrogen) atoms. The van der Waals surface area contributed by atoms with Crippen LogP contribution in [0.3, 0.4) is 0 Å². The lowest BCUT2D eigenvalue weighted by Gasteiger charge is -2.10. The molecule has 0 aliphatic rings. The highest BCUT2D eigenvalue weighted by Gasteiger charge is 2.15. The number of hydrogen-bond donors (Lipinski definition) is 2. The lowest BCUT2D eigenvalue weighted by molar-refractivity contribution is 0.0697. The van der Waals surface area contributed by atoms with Crippen LogP contribution in [0.5, 0.6) is 11.5 Å². The molecular weight excluding hydrogens is 308 g/mol. The van der Waals surface area contributed by atoms with Gasteiger partial charge in [-0.3, -0.25) is 0 Å². The molecule has 0 radical (unpaired) electrons. The molecule has 2 aromatic carbocycles. The Balaban J connectivity index is 2.40. The Labute approximate surface area is 123 Å². The molecule has 0 bridgehead atoms. The third kappa shape index (κ3) is 2.95. The number of carbonyl (C=O) groups is 1. The van der Waals surface area contributed by atoms with Crippen molar-refractivity contribution < 1.29 is 19.0 Å². The number of rotatable bonds is 3. The highest BCUT2D eigenvalue weighted by Crippen LogP contribution is 2.32. The third-order valence-corrected chi connectivity index (χ3v) is 3.19. The molecule has 0 aliphatic carbocycles. The van der Waals surface area contributed by atoms with Crippen LogP contribution in [0.15, 0.2) is 30.3 Å². The second kappa shape index (κ2) is 5.56. The molecule has 4 nitrogen and oxygen atoms in total. The van der Waals surface area contributed by atoms with E-state index >= 15 is 0 Å². The number of ether oxygens (including phenoxy) is 1. The summed E-state index contributed by atoms with van der Waals surface area (Å²) in [5.74, 6) is -2.10. The van der Waals surface area contributed by atoms with E-state index < -0.39 is 11.8 Å². The summed E-state index contributed by atoms with van der Waals surface area (Å²) in [5, 5.41) is 9.49. The number of anilines is 1. The van der Waals surface area contributed by atoms with Gasteiger partial charge in [-0.05, 0) is 12.1 Å². The highest BCUT2D eigenvalue weighted by atomic mass is 35.5. The molecule has 0 saturated carbocycles. The quantitative estimate of drug-likeness (QED) is 0.832. The summed E-state index contributed by atoms with van der Waals surface area (Å²) in [6, 6.07) is 6.24. The van der Waals surface area contributed by atoms with E-state index in [1.54, 1.807) is 0 Å². The number of carboxylic acids is 1. The van der Waals surface area contributed by atoms with Crippen molar-refractivity contribution in [2.75, 3.05) is 5.73 Å².